The second-order valence-electron chi connectivity index (χ2n) is 9.40. The fourth-order valence-electron chi connectivity index (χ4n) is 4.27. The highest BCUT2D eigenvalue weighted by molar-refractivity contribution is 5.93. The number of hydrogen-bond acceptors (Lipinski definition) is 8. The van der Waals surface area contributed by atoms with Crippen LogP contribution in [0.25, 0.3) is 10.9 Å². The van der Waals surface area contributed by atoms with Crippen LogP contribution in [0, 0.1) is 11.6 Å². The number of rotatable bonds is 13. The molecular weight excluding hydrogens is 520 g/mol. The van der Waals surface area contributed by atoms with Crippen LogP contribution >= 0.6 is 0 Å². The normalized spacial score (nSPS) is 11.3. The van der Waals surface area contributed by atoms with E-state index in [4.69, 9.17) is 9.47 Å². The Morgan fingerprint density at radius 1 is 1.15 bits per heavy atom. The number of hydrogen-bond donors (Lipinski definition) is 3. The SMILES string of the molecule is CCN(CCCOc1cc2ncnc(Nc3cc(CC(=O)Nc4cccc(F)c4F)[nH]n3)c2cc1OC)C(C)C. The van der Waals surface area contributed by atoms with E-state index in [1.54, 1.807) is 19.2 Å². The van der Waals surface area contributed by atoms with E-state index < -0.39 is 17.5 Å². The summed E-state index contributed by atoms with van der Waals surface area (Å²) in [5.41, 5.74) is 0.881. The molecule has 0 atom stereocenters. The first kappa shape index (κ1) is 28.7. The summed E-state index contributed by atoms with van der Waals surface area (Å²) in [7, 11) is 1.57. The topological polar surface area (TPSA) is 117 Å². The monoisotopic (exact) mass is 553 g/mol. The fourth-order valence-corrected chi connectivity index (χ4v) is 4.27. The summed E-state index contributed by atoms with van der Waals surface area (Å²) in [6.45, 7) is 8.98. The van der Waals surface area contributed by atoms with E-state index in [1.165, 1.54) is 18.5 Å². The van der Waals surface area contributed by atoms with Gasteiger partial charge in [-0.2, -0.15) is 5.10 Å². The Hall–Kier alpha value is -4.32. The summed E-state index contributed by atoms with van der Waals surface area (Å²) in [4.78, 5) is 23.4. The minimum absolute atomic E-state index is 0.128. The van der Waals surface area contributed by atoms with Crippen molar-refractivity contribution in [1.82, 2.24) is 25.1 Å². The summed E-state index contributed by atoms with van der Waals surface area (Å²) in [6, 6.07) is 9.30. The zero-order valence-electron chi connectivity index (χ0n) is 22.9. The smallest absolute Gasteiger partial charge is 0.230 e. The molecule has 0 unspecified atom stereocenters. The van der Waals surface area contributed by atoms with E-state index in [0.717, 1.165) is 25.6 Å². The van der Waals surface area contributed by atoms with Crippen LogP contribution in [0.5, 0.6) is 11.5 Å². The first-order valence-electron chi connectivity index (χ1n) is 13.0. The summed E-state index contributed by atoms with van der Waals surface area (Å²) in [6.07, 6.45) is 2.18. The third-order valence-electron chi connectivity index (χ3n) is 6.36. The molecular formula is C28H33F2N7O3. The number of aromatic nitrogens is 4. The number of nitrogens with one attached hydrogen (secondary N) is 3. The molecule has 0 saturated carbocycles. The molecule has 1 amide bonds. The minimum atomic E-state index is -1.11. The standard InChI is InChI=1S/C28H33F2N7O3/c1-5-37(17(2)3)10-7-11-40-24-15-22-19(14-23(24)39-4)28(32-16-31-22)34-25-12-18(35-36-25)13-26(38)33-21-9-6-8-20(29)27(21)30/h6,8-9,12,14-17H,5,7,10-11,13H2,1-4H3,(H,33,38)(H2,31,32,34,35,36). The van der Waals surface area contributed by atoms with Crippen molar-refractivity contribution in [3.63, 3.8) is 0 Å². The molecule has 40 heavy (non-hydrogen) atoms. The molecule has 0 aliphatic heterocycles. The Bertz CT molecular complexity index is 1460. The molecule has 0 spiro atoms. The zero-order valence-corrected chi connectivity index (χ0v) is 22.9. The average molecular weight is 554 g/mol. The van der Waals surface area contributed by atoms with Crippen molar-refractivity contribution in [3.05, 3.63) is 60.1 Å². The number of anilines is 3. The maximum Gasteiger partial charge on any atom is 0.230 e. The highest BCUT2D eigenvalue weighted by Gasteiger charge is 2.15. The molecule has 2 aromatic carbocycles. The molecule has 4 aromatic rings. The largest absolute Gasteiger partial charge is 0.493 e. The molecule has 3 N–H and O–H groups in total. The number of benzene rings is 2. The molecule has 12 heteroatoms. The first-order chi connectivity index (χ1) is 19.3. The van der Waals surface area contributed by atoms with Gasteiger partial charge in [-0.15, -0.1) is 0 Å². The number of carbonyl (C=O) groups is 1. The predicted octanol–water partition coefficient (Wildman–Crippen LogP) is 5.06. The Kier molecular flexibility index (Phi) is 9.43. The van der Waals surface area contributed by atoms with Gasteiger partial charge in [0.05, 0.1) is 31.3 Å². The second kappa shape index (κ2) is 13.2. The van der Waals surface area contributed by atoms with Crippen LogP contribution in [0.4, 0.5) is 26.1 Å². The van der Waals surface area contributed by atoms with E-state index in [-0.39, 0.29) is 12.1 Å². The summed E-state index contributed by atoms with van der Waals surface area (Å²) >= 11 is 0. The Labute approximate surface area is 231 Å². The number of methoxy groups -OCH3 is 1. The Morgan fingerprint density at radius 2 is 1.98 bits per heavy atom. The van der Waals surface area contributed by atoms with Gasteiger partial charge < -0.3 is 25.0 Å². The van der Waals surface area contributed by atoms with Gasteiger partial charge in [-0.25, -0.2) is 18.7 Å². The van der Waals surface area contributed by atoms with Gasteiger partial charge in [0, 0.05) is 35.8 Å². The molecule has 212 valence electrons. The Morgan fingerprint density at radius 3 is 2.73 bits per heavy atom. The number of nitrogens with zero attached hydrogens (tertiary/aromatic N) is 4. The predicted molar refractivity (Wildman–Crippen MR) is 149 cm³/mol. The lowest BCUT2D eigenvalue weighted by Gasteiger charge is -2.24. The van der Waals surface area contributed by atoms with Gasteiger partial charge in [-0.3, -0.25) is 9.89 Å². The second-order valence-corrected chi connectivity index (χ2v) is 9.40. The molecule has 2 heterocycles. The van der Waals surface area contributed by atoms with E-state index in [2.05, 4.69) is 56.5 Å². The van der Waals surface area contributed by atoms with Crippen LogP contribution in [0.15, 0.2) is 42.7 Å². The number of aromatic amines is 1. The summed E-state index contributed by atoms with van der Waals surface area (Å²) in [5.74, 6) is -0.657. The van der Waals surface area contributed by atoms with Crippen LogP contribution in [0.1, 0.15) is 32.9 Å². The van der Waals surface area contributed by atoms with Gasteiger partial charge in [0.2, 0.25) is 5.91 Å². The average Bonchev–Trinajstić information content (AvgIpc) is 3.37. The van der Waals surface area contributed by atoms with Crippen molar-refractivity contribution in [2.45, 2.75) is 39.7 Å². The lowest BCUT2D eigenvalue weighted by Crippen LogP contribution is -2.32. The van der Waals surface area contributed by atoms with Crippen LogP contribution in [0.2, 0.25) is 0 Å². The minimum Gasteiger partial charge on any atom is -0.493 e. The van der Waals surface area contributed by atoms with Gasteiger partial charge in [0.15, 0.2) is 29.0 Å². The number of H-pyrrole nitrogens is 1. The van der Waals surface area contributed by atoms with Crippen molar-refractivity contribution in [2.75, 3.05) is 37.4 Å². The number of carbonyl (C=O) groups excluding carboxylic acids is 1. The summed E-state index contributed by atoms with van der Waals surface area (Å²) < 4.78 is 38.9. The van der Waals surface area contributed by atoms with Gasteiger partial charge >= 0.3 is 0 Å². The van der Waals surface area contributed by atoms with Gasteiger partial charge in [-0.1, -0.05) is 13.0 Å². The molecule has 0 aliphatic rings. The number of halogens is 2. The van der Waals surface area contributed by atoms with Crippen molar-refractivity contribution >= 4 is 34.1 Å². The summed E-state index contributed by atoms with van der Waals surface area (Å²) in [5, 5.41) is 13.1. The van der Waals surface area contributed by atoms with Crippen molar-refractivity contribution < 1.29 is 23.0 Å². The van der Waals surface area contributed by atoms with E-state index >= 15 is 0 Å². The molecule has 10 nitrogen and oxygen atoms in total. The lowest BCUT2D eigenvalue weighted by atomic mass is 10.2. The maximum atomic E-state index is 13.8. The van der Waals surface area contributed by atoms with Gasteiger partial charge in [0.1, 0.15) is 12.1 Å². The number of ether oxygens (including phenoxy) is 2. The third kappa shape index (κ3) is 7.00. The first-order valence-corrected chi connectivity index (χ1v) is 13.0. The Balaban J connectivity index is 1.42. The number of amides is 1. The van der Waals surface area contributed by atoms with E-state index in [0.29, 0.717) is 52.4 Å². The van der Waals surface area contributed by atoms with Crippen molar-refractivity contribution in [1.29, 1.82) is 0 Å². The lowest BCUT2D eigenvalue weighted by molar-refractivity contribution is -0.115. The molecule has 0 aliphatic carbocycles. The molecule has 0 fully saturated rings. The number of fused-ring (bicyclic) bond motifs is 1. The van der Waals surface area contributed by atoms with Crippen LogP contribution in [-0.2, 0) is 11.2 Å². The third-order valence-corrected chi connectivity index (χ3v) is 6.36. The molecule has 0 radical (unpaired) electrons. The van der Waals surface area contributed by atoms with Crippen LogP contribution < -0.4 is 20.1 Å². The molecule has 2 aromatic heterocycles. The van der Waals surface area contributed by atoms with Gasteiger partial charge in [0.25, 0.3) is 0 Å². The van der Waals surface area contributed by atoms with Crippen molar-refractivity contribution in [3.8, 4) is 11.5 Å². The highest BCUT2D eigenvalue weighted by atomic mass is 19.2. The zero-order chi connectivity index (χ0) is 28.6. The molecule has 0 bridgehead atoms. The highest BCUT2D eigenvalue weighted by Crippen LogP contribution is 2.34. The quantitative estimate of drug-likeness (QED) is 0.197. The van der Waals surface area contributed by atoms with E-state index in [9.17, 15) is 13.6 Å². The van der Waals surface area contributed by atoms with E-state index in [1.807, 2.05) is 6.07 Å². The van der Waals surface area contributed by atoms with Gasteiger partial charge in [-0.05, 0) is 45.0 Å². The maximum absolute atomic E-state index is 13.8. The fraction of sp³-hybridized carbons (Fsp3) is 0.357. The molecule has 0 saturated heterocycles. The molecule has 4 rings (SSSR count). The van der Waals surface area contributed by atoms with Crippen molar-refractivity contribution in [2.24, 2.45) is 0 Å². The van der Waals surface area contributed by atoms with Crippen LogP contribution in [-0.4, -0.2) is 63.8 Å². The van der Waals surface area contributed by atoms with Crippen LogP contribution in [0.3, 0.4) is 0 Å².